The van der Waals surface area contributed by atoms with E-state index in [0.29, 0.717) is 12.2 Å². The number of phenolic OH excluding ortho intramolecular Hbond substituents is 2. The number of benzene rings is 2. The summed E-state index contributed by atoms with van der Waals surface area (Å²) in [6, 6.07) is 4.25. The van der Waals surface area contributed by atoms with E-state index in [4.69, 9.17) is 18.6 Å². The van der Waals surface area contributed by atoms with E-state index in [2.05, 4.69) is 6.92 Å². The molecule has 212 valence electrons. The van der Waals surface area contributed by atoms with E-state index in [1.807, 2.05) is 0 Å². The molecule has 0 aliphatic rings. The monoisotopic (exact) mass is 542 g/mol. The lowest BCUT2D eigenvalue weighted by atomic mass is 10.0. The van der Waals surface area contributed by atoms with Crippen LogP contribution in [-0.4, -0.2) is 48.2 Å². The standard InChI is InChI=1S/C30H38O9/c1-4-5-7-12-20(31)13-8-6-9-14-25(33)38-15-10-11-19-16-24(37-3)30-27(28(19)34)29(35)26-22(32)17-21(36-2)18-23(26)39-30/h10-11,16-18,20,31-32,34H,4-9,12-15H2,1-3H3. The molecule has 9 heteroatoms. The number of hydrogen-bond acceptors (Lipinski definition) is 9. The number of esters is 1. The SMILES string of the molecule is CCCCCC(O)CCCCCC(=O)OCC=Cc1cc(OC)c2oc3cc(OC)cc(O)c3c(=O)c2c1O. The van der Waals surface area contributed by atoms with Crippen molar-refractivity contribution in [1.29, 1.82) is 0 Å². The lowest BCUT2D eigenvalue weighted by molar-refractivity contribution is -0.142. The van der Waals surface area contributed by atoms with Crippen molar-refractivity contribution in [2.24, 2.45) is 0 Å². The molecule has 0 spiro atoms. The lowest BCUT2D eigenvalue weighted by Crippen LogP contribution is -2.07. The van der Waals surface area contributed by atoms with E-state index in [9.17, 15) is 24.9 Å². The second kappa shape index (κ2) is 14.4. The van der Waals surface area contributed by atoms with E-state index >= 15 is 0 Å². The van der Waals surface area contributed by atoms with Crippen LogP contribution in [0.3, 0.4) is 0 Å². The summed E-state index contributed by atoms with van der Waals surface area (Å²) < 4.78 is 21.6. The number of ether oxygens (including phenoxy) is 3. The van der Waals surface area contributed by atoms with Gasteiger partial charge in [-0.15, -0.1) is 0 Å². The highest BCUT2D eigenvalue weighted by Crippen LogP contribution is 2.39. The quantitative estimate of drug-likeness (QED) is 0.123. The molecule has 3 N–H and O–H groups in total. The van der Waals surface area contributed by atoms with Crippen molar-refractivity contribution in [3.8, 4) is 23.0 Å². The molecule has 0 aliphatic carbocycles. The van der Waals surface area contributed by atoms with Gasteiger partial charge in [-0.3, -0.25) is 9.59 Å². The molecule has 0 saturated heterocycles. The van der Waals surface area contributed by atoms with E-state index in [0.717, 1.165) is 44.9 Å². The highest BCUT2D eigenvalue weighted by molar-refractivity contribution is 6.00. The number of rotatable bonds is 15. The Bertz CT molecular complexity index is 1360. The van der Waals surface area contributed by atoms with Gasteiger partial charge in [0, 0.05) is 24.1 Å². The van der Waals surface area contributed by atoms with E-state index < -0.39 is 5.43 Å². The Morgan fingerprint density at radius 3 is 2.44 bits per heavy atom. The van der Waals surface area contributed by atoms with E-state index in [1.165, 1.54) is 38.5 Å². The second-order valence-corrected chi connectivity index (χ2v) is 9.51. The summed E-state index contributed by atoms with van der Waals surface area (Å²) in [4.78, 5) is 25.3. The number of unbranched alkanes of at least 4 members (excludes halogenated alkanes) is 4. The van der Waals surface area contributed by atoms with Crippen LogP contribution in [0.25, 0.3) is 28.0 Å². The third-order valence-corrected chi connectivity index (χ3v) is 6.62. The average molecular weight is 543 g/mol. The summed E-state index contributed by atoms with van der Waals surface area (Å²) in [6.45, 7) is 2.13. The van der Waals surface area contributed by atoms with Crippen molar-refractivity contribution >= 4 is 34.0 Å². The molecule has 0 bridgehead atoms. The van der Waals surface area contributed by atoms with Gasteiger partial charge < -0.3 is 33.9 Å². The zero-order chi connectivity index (χ0) is 28.4. The van der Waals surface area contributed by atoms with Crippen molar-refractivity contribution in [3.63, 3.8) is 0 Å². The van der Waals surface area contributed by atoms with Crippen molar-refractivity contribution in [1.82, 2.24) is 0 Å². The van der Waals surface area contributed by atoms with Crippen molar-refractivity contribution < 1.29 is 38.7 Å². The van der Waals surface area contributed by atoms with Crippen LogP contribution < -0.4 is 14.9 Å². The molecule has 9 nitrogen and oxygen atoms in total. The largest absolute Gasteiger partial charge is 0.507 e. The topological polar surface area (TPSA) is 136 Å². The summed E-state index contributed by atoms with van der Waals surface area (Å²) in [5.41, 5.74) is -0.262. The molecule has 0 aliphatic heterocycles. The van der Waals surface area contributed by atoms with Gasteiger partial charge in [0.15, 0.2) is 11.3 Å². The molecule has 2 aromatic carbocycles. The predicted molar refractivity (Wildman–Crippen MR) is 150 cm³/mol. The molecule has 0 saturated carbocycles. The first-order valence-electron chi connectivity index (χ1n) is 13.4. The summed E-state index contributed by atoms with van der Waals surface area (Å²) in [6.07, 6.45) is 10.4. The van der Waals surface area contributed by atoms with Crippen LogP contribution in [0.2, 0.25) is 0 Å². The van der Waals surface area contributed by atoms with Crippen LogP contribution in [0.4, 0.5) is 0 Å². The maximum atomic E-state index is 13.2. The van der Waals surface area contributed by atoms with Gasteiger partial charge >= 0.3 is 5.97 Å². The number of methoxy groups -OCH3 is 2. The van der Waals surface area contributed by atoms with Gasteiger partial charge in [0.1, 0.15) is 40.2 Å². The number of aliphatic hydroxyl groups excluding tert-OH is 1. The maximum absolute atomic E-state index is 13.2. The first-order chi connectivity index (χ1) is 18.8. The molecule has 1 aromatic heterocycles. The van der Waals surface area contributed by atoms with Crippen LogP contribution in [0.1, 0.15) is 70.3 Å². The molecular weight excluding hydrogens is 504 g/mol. The molecule has 39 heavy (non-hydrogen) atoms. The van der Waals surface area contributed by atoms with E-state index in [1.54, 1.807) is 6.08 Å². The minimum atomic E-state index is -0.627. The van der Waals surface area contributed by atoms with Crippen LogP contribution >= 0.6 is 0 Å². The molecule has 3 aromatic rings. The van der Waals surface area contributed by atoms with Crippen molar-refractivity contribution in [3.05, 3.63) is 40.1 Å². The van der Waals surface area contributed by atoms with Gasteiger partial charge in [-0.2, -0.15) is 0 Å². The van der Waals surface area contributed by atoms with Crippen LogP contribution in [0.5, 0.6) is 23.0 Å². The van der Waals surface area contributed by atoms with Crippen molar-refractivity contribution in [2.75, 3.05) is 20.8 Å². The third-order valence-electron chi connectivity index (χ3n) is 6.62. The Labute approximate surface area is 227 Å². The Hall–Kier alpha value is -3.72. The lowest BCUT2D eigenvalue weighted by Gasteiger charge is -2.11. The highest BCUT2D eigenvalue weighted by Gasteiger charge is 2.21. The van der Waals surface area contributed by atoms with E-state index in [-0.39, 0.29) is 69.9 Å². The van der Waals surface area contributed by atoms with Gasteiger partial charge in [-0.1, -0.05) is 45.1 Å². The van der Waals surface area contributed by atoms with Crippen molar-refractivity contribution in [2.45, 2.75) is 70.8 Å². The second-order valence-electron chi connectivity index (χ2n) is 9.51. The fourth-order valence-corrected chi connectivity index (χ4v) is 4.47. The molecule has 0 amide bonds. The molecular formula is C30H38O9. The van der Waals surface area contributed by atoms with Gasteiger partial charge in [-0.05, 0) is 31.4 Å². The smallest absolute Gasteiger partial charge is 0.306 e. The normalized spacial score (nSPS) is 12.3. The minimum absolute atomic E-state index is 0.0122. The van der Waals surface area contributed by atoms with Gasteiger partial charge in [0.25, 0.3) is 0 Å². The molecule has 1 unspecified atom stereocenters. The van der Waals surface area contributed by atoms with Crippen LogP contribution in [0, 0.1) is 0 Å². The predicted octanol–water partition coefficient (Wildman–Crippen LogP) is 5.82. The Balaban J connectivity index is 1.62. The number of aliphatic hydroxyl groups is 1. The number of carbonyl (C=O) groups is 1. The highest BCUT2D eigenvalue weighted by atomic mass is 16.5. The first kappa shape index (κ1) is 29.8. The zero-order valence-corrected chi connectivity index (χ0v) is 22.8. The van der Waals surface area contributed by atoms with Gasteiger partial charge in [0.05, 0.1) is 20.3 Å². The van der Waals surface area contributed by atoms with Gasteiger partial charge in [0.2, 0.25) is 5.43 Å². The molecule has 0 fully saturated rings. The Kier molecular flexibility index (Phi) is 11.0. The fourth-order valence-electron chi connectivity index (χ4n) is 4.47. The Morgan fingerprint density at radius 1 is 1.00 bits per heavy atom. The van der Waals surface area contributed by atoms with Crippen LogP contribution in [0.15, 0.2) is 33.5 Å². The minimum Gasteiger partial charge on any atom is -0.507 e. The third kappa shape index (κ3) is 7.66. The summed E-state index contributed by atoms with van der Waals surface area (Å²) >= 11 is 0. The number of carbonyl (C=O) groups excluding carboxylic acids is 1. The Morgan fingerprint density at radius 2 is 1.74 bits per heavy atom. The van der Waals surface area contributed by atoms with Crippen LogP contribution in [-0.2, 0) is 9.53 Å². The number of hydrogen-bond donors (Lipinski definition) is 3. The zero-order valence-electron chi connectivity index (χ0n) is 22.8. The molecule has 3 rings (SSSR count). The molecule has 0 radical (unpaired) electrons. The first-order valence-corrected chi connectivity index (χ1v) is 13.4. The number of fused-ring (bicyclic) bond motifs is 2. The maximum Gasteiger partial charge on any atom is 0.306 e. The fraction of sp³-hybridized carbons (Fsp3) is 0.467. The molecule has 1 heterocycles. The molecule has 1 atom stereocenters. The summed E-state index contributed by atoms with van der Waals surface area (Å²) in [7, 11) is 2.83. The summed E-state index contributed by atoms with van der Waals surface area (Å²) in [5.74, 6) is -0.514. The number of phenols is 2. The summed E-state index contributed by atoms with van der Waals surface area (Å²) in [5, 5.41) is 31.0. The average Bonchev–Trinajstić information content (AvgIpc) is 2.91. The van der Waals surface area contributed by atoms with Gasteiger partial charge in [-0.25, -0.2) is 0 Å². The number of aromatic hydroxyl groups is 2.